The van der Waals surface area contributed by atoms with Gasteiger partial charge in [0, 0.05) is 34.6 Å². The molecule has 3 aromatic heterocycles. The number of hydrogen-bond acceptors (Lipinski definition) is 3. The van der Waals surface area contributed by atoms with Crippen molar-refractivity contribution in [3.8, 4) is 21.8 Å². The van der Waals surface area contributed by atoms with Gasteiger partial charge >= 0.3 is 0 Å². The van der Waals surface area contributed by atoms with Gasteiger partial charge in [0.05, 0.1) is 11.3 Å². The van der Waals surface area contributed by atoms with Gasteiger partial charge in [-0.2, -0.15) is 0 Å². The molecule has 5 heteroatoms. The summed E-state index contributed by atoms with van der Waals surface area (Å²) in [5.74, 6) is 0. The summed E-state index contributed by atoms with van der Waals surface area (Å²) in [4.78, 5) is 22.5. The van der Waals surface area contributed by atoms with Crippen LogP contribution in [-0.4, -0.2) is 15.0 Å². The second kappa shape index (κ2) is 6.22. The van der Waals surface area contributed by atoms with E-state index in [4.69, 9.17) is 0 Å². The molecule has 116 valence electrons. The molecule has 0 fully saturated rings. The number of thiazole rings is 1. The first-order valence-corrected chi connectivity index (χ1v) is 8.11. The van der Waals surface area contributed by atoms with Crippen molar-refractivity contribution in [2.45, 2.75) is 13.8 Å². The first-order valence-electron chi connectivity index (χ1n) is 7.23. The van der Waals surface area contributed by atoms with E-state index < -0.39 is 0 Å². The molecule has 4 nitrogen and oxygen atoms in total. The summed E-state index contributed by atoms with van der Waals surface area (Å²) in [6.07, 6.45) is 7.48. The van der Waals surface area contributed by atoms with Crippen LogP contribution in [0.3, 0.4) is 0 Å². The van der Waals surface area contributed by atoms with E-state index in [0.29, 0.717) is 5.56 Å². The number of aromatic nitrogens is 3. The molecule has 0 atom stereocenters. The standard InChI is InChI=1S/C18H17N3OS/c1-4-11(2)8-14-12(3)20-9-15(14)16-10-23-18(21-16)13-6-5-7-19-17(13)22/h4-10,20H,1H2,2-3H3,(H,19,22)/b11-8-. The van der Waals surface area contributed by atoms with Gasteiger partial charge in [0.2, 0.25) is 0 Å². The molecule has 0 spiro atoms. The fraction of sp³-hybridized carbons (Fsp3) is 0.111. The van der Waals surface area contributed by atoms with E-state index in [0.717, 1.165) is 33.1 Å². The predicted octanol–water partition coefficient (Wildman–Crippen LogP) is 4.39. The van der Waals surface area contributed by atoms with Gasteiger partial charge in [0.1, 0.15) is 5.01 Å². The minimum absolute atomic E-state index is 0.124. The number of rotatable bonds is 4. The van der Waals surface area contributed by atoms with Gasteiger partial charge in [-0.05, 0) is 32.1 Å². The van der Waals surface area contributed by atoms with Crippen LogP contribution in [0.2, 0.25) is 0 Å². The maximum Gasteiger partial charge on any atom is 0.258 e. The number of allylic oxidation sites excluding steroid dienone is 2. The van der Waals surface area contributed by atoms with E-state index in [-0.39, 0.29) is 5.56 Å². The number of hydrogen-bond donors (Lipinski definition) is 2. The van der Waals surface area contributed by atoms with Crippen molar-refractivity contribution in [2.75, 3.05) is 0 Å². The lowest BCUT2D eigenvalue weighted by molar-refractivity contribution is 1.23. The number of aromatic amines is 2. The van der Waals surface area contributed by atoms with Crippen LogP contribution in [0.15, 0.2) is 52.9 Å². The Hall–Kier alpha value is -2.66. The van der Waals surface area contributed by atoms with Gasteiger partial charge in [0.25, 0.3) is 5.56 Å². The van der Waals surface area contributed by atoms with Crippen molar-refractivity contribution in [1.82, 2.24) is 15.0 Å². The quantitative estimate of drug-likeness (QED) is 0.699. The third kappa shape index (κ3) is 2.96. The number of H-pyrrole nitrogens is 2. The van der Waals surface area contributed by atoms with Gasteiger partial charge in [-0.25, -0.2) is 4.98 Å². The minimum Gasteiger partial charge on any atom is -0.364 e. The first-order chi connectivity index (χ1) is 11.1. The Labute approximate surface area is 138 Å². The molecule has 0 aliphatic heterocycles. The SMILES string of the molecule is C=C/C(C)=C\c1c(-c2csc(-c3ccc[nH]c3=O)n2)c[nH]c1C. The molecule has 0 unspecified atom stereocenters. The van der Waals surface area contributed by atoms with E-state index >= 15 is 0 Å². The van der Waals surface area contributed by atoms with Crippen LogP contribution in [-0.2, 0) is 0 Å². The molecule has 2 N–H and O–H groups in total. The van der Waals surface area contributed by atoms with Crippen molar-refractivity contribution in [1.29, 1.82) is 0 Å². The molecule has 0 saturated heterocycles. The second-order valence-electron chi connectivity index (χ2n) is 5.28. The Kier molecular flexibility index (Phi) is 4.12. The van der Waals surface area contributed by atoms with E-state index in [2.05, 4.69) is 27.6 Å². The molecular weight excluding hydrogens is 306 g/mol. The summed E-state index contributed by atoms with van der Waals surface area (Å²) in [6.45, 7) is 7.84. The summed E-state index contributed by atoms with van der Waals surface area (Å²) >= 11 is 1.47. The third-order valence-electron chi connectivity index (χ3n) is 3.65. The summed E-state index contributed by atoms with van der Waals surface area (Å²) < 4.78 is 0. The largest absolute Gasteiger partial charge is 0.364 e. The topological polar surface area (TPSA) is 61.5 Å². The van der Waals surface area contributed by atoms with Crippen LogP contribution < -0.4 is 5.56 Å². The van der Waals surface area contributed by atoms with E-state index in [1.54, 1.807) is 18.3 Å². The molecule has 3 aromatic rings. The number of nitrogens with one attached hydrogen (secondary N) is 2. The molecule has 3 rings (SSSR count). The van der Waals surface area contributed by atoms with Crippen LogP contribution >= 0.6 is 11.3 Å². The van der Waals surface area contributed by atoms with Crippen molar-refractivity contribution >= 4 is 17.4 Å². The van der Waals surface area contributed by atoms with E-state index in [1.807, 2.05) is 31.5 Å². The Bertz CT molecular complexity index is 943. The van der Waals surface area contributed by atoms with Gasteiger partial charge in [-0.3, -0.25) is 4.79 Å². The molecule has 0 aliphatic carbocycles. The van der Waals surface area contributed by atoms with Crippen LogP contribution in [0.4, 0.5) is 0 Å². The Morgan fingerprint density at radius 2 is 2.17 bits per heavy atom. The molecule has 0 amide bonds. The smallest absolute Gasteiger partial charge is 0.258 e. The molecule has 0 aliphatic rings. The number of aryl methyl sites for hydroxylation is 1. The normalized spacial score (nSPS) is 11.7. The summed E-state index contributed by atoms with van der Waals surface area (Å²) in [6, 6.07) is 3.59. The molecule has 0 saturated carbocycles. The van der Waals surface area contributed by atoms with Gasteiger partial charge < -0.3 is 9.97 Å². The van der Waals surface area contributed by atoms with Crippen LogP contribution in [0.5, 0.6) is 0 Å². The zero-order valence-corrected chi connectivity index (χ0v) is 13.8. The highest BCUT2D eigenvalue weighted by Gasteiger charge is 2.14. The van der Waals surface area contributed by atoms with Crippen molar-refractivity contribution < 1.29 is 0 Å². The fourth-order valence-electron chi connectivity index (χ4n) is 2.33. The fourth-order valence-corrected chi connectivity index (χ4v) is 3.18. The lowest BCUT2D eigenvalue weighted by atomic mass is 10.1. The van der Waals surface area contributed by atoms with Crippen LogP contribution in [0, 0.1) is 6.92 Å². The van der Waals surface area contributed by atoms with Crippen molar-refractivity contribution in [3.63, 3.8) is 0 Å². The van der Waals surface area contributed by atoms with Crippen LogP contribution in [0.1, 0.15) is 18.2 Å². The number of pyridine rings is 1. The zero-order valence-electron chi connectivity index (χ0n) is 13.0. The Morgan fingerprint density at radius 3 is 2.91 bits per heavy atom. The molecule has 0 aromatic carbocycles. The summed E-state index contributed by atoms with van der Waals surface area (Å²) in [7, 11) is 0. The van der Waals surface area contributed by atoms with Crippen LogP contribution in [0.25, 0.3) is 27.9 Å². The second-order valence-corrected chi connectivity index (χ2v) is 6.14. The van der Waals surface area contributed by atoms with Gasteiger partial charge in [0.15, 0.2) is 0 Å². The van der Waals surface area contributed by atoms with Gasteiger partial charge in [-0.1, -0.05) is 18.2 Å². The molecule has 0 radical (unpaired) electrons. The number of nitrogens with zero attached hydrogens (tertiary/aromatic N) is 1. The highest BCUT2D eigenvalue weighted by molar-refractivity contribution is 7.13. The summed E-state index contributed by atoms with van der Waals surface area (Å²) in [5.41, 5.74) is 5.62. The highest BCUT2D eigenvalue weighted by atomic mass is 32.1. The average Bonchev–Trinajstić information content (AvgIpc) is 3.15. The van der Waals surface area contributed by atoms with Gasteiger partial charge in [-0.15, -0.1) is 11.3 Å². The Balaban J connectivity index is 2.07. The monoisotopic (exact) mass is 323 g/mol. The lowest BCUT2D eigenvalue weighted by Gasteiger charge is -1.99. The summed E-state index contributed by atoms with van der Waals surface area (Å²) in [5, 5.41) is 2.70. The first kappa shape index (κ1) is 15.2. The highest BCUT2D eigenvalue weighted by Crippen LogP contribution is 2.31. The average molecular weight is 323 g/mol. The lowest BCUT2D eigenvalue weighted by Crippen LogP contribution is -2.06. The van der Waals surface area contributed by atoms with E-state index in [9.17, 15) is 4.79 Å². The third-order valence-corrected chi connectivity index (χ3v) is 4.53. The minimum atomic E-state index is -0.124. The molecule has 23 heavy (non-hydrogen) atoms. The predicted molar refractivity (Wildman–Crippen MR) is 96.5 cm³/mol. The maximum atomic E-state index is 11.9. The zero-order chi connectivity index (χ0) is 16.4. The molecular formula is C18H17N3OS. The molecule has 3 heterocycles. The van der Waals surface area contributed by atoms with Crippen molar-refractivity contribution in [2.24, 2.45) is 0 Å². The Morgan fingerprint density at radius 1 is 1.35 bits per heavy atom. The molecule has 0 bridgehead atoms. The van der Waals surface area contributed by atoms with E-state index in [1.165, 1.54) is 11.3 Å². The van der Waals surface area contributed by atoms with Crippen molar-refractivity contribution in [3.05, 3.63) is 69.7 Å². The maximum absolute atomic E-state index is 11.9.